The lowest BCUT2D eigenvalue weighted by molar-refractivity contribution is 0.430. The summed E-state index contributed by atoms with van der Waals surface area (Å²) in [5, 5.41) is 8.14. The number of nitrogens with one attached hydrogen (secondary N) is 1. The zero-order valence-electron chi connectivity index (χ0n) is 11.8. The molecule has 0 saturated carbocycles. The fourth-order valence-electron chi connectivity index (χ4n) is 2.78. The first kappa shape index (κ1) is 13.7. The van der Waals surface area contributed by atoms with Gasteiger partial charge in [0.25, 0.3) is 0 Å². The van der Waals surface area contributed by atoms with Crippen molar-refractivity contribution in [1.29, 1.82) is 0 Å². The Morgan fingerprint density at radius 1 is 1.25 bits per heavy atom. The van der Waals surface area contributed by atoms with Crippen molar-refractivity contribution < 1.29 is 0 Å². The smallest absolute Gasteiger partial charge is 0.0693 e. The van der Waals surface area contributed by atoms with E-state index in [1.807, 2.05) is 23.1 Å². The number of hydrogen-bond donors (Lipinski definition) is 1. The van der Waals surface area contributed by atoms with E-state index in [-0.39, 0.29) is 0 Å². The molecule has 0 amide bonds. The predicted molar refractivity (Wildman–Crippen MR) is 85.5 cm³/mol. The maximum Gasteiger partial charge on any atom is 0.0693 e. The van der Waals surface area contributed by atoms with Crippen LogP contribution >= 0.6 is 11.8 Å². The summed E-state index contributed by atoms with van der Waals surface area (Å²) in [6, 6.07) is 11.5. The molecule has 0 aliphatic carbocycles. The van der Waals surface area contributed by atoms with Gasteiger partial charge in [-0.1, -0.05) is 18.2 Å². The van der Waals surface area contributed by atoms with Crippen molar-refractivity contribution in [2.24, 2.45) is 0 Å². The van der Waals surface area contributed by atoms with Gasteiger partial charge in [0.2, 0.25) is 0 Å². The van der Waals surface area contributed by atoms with Gasteiger partial charge in [0, 0.05) is 24.5 Å². The average Bonchev–Trinajstić information content (AvgIpc) is 3.02. The number of rotatable bonds is 4. The van der Waals surface area contributed by atoms with E-state index in [1.165, 1.54) is 35.6 Å². The zero-order valence-corrected chi connectivity index (χ0v) is 12.6. The van der Waals surface area contributed by atoms with Crippen LogP contribution in [0.4, 0.5) is 0 Å². The Morgan fingerprint density at radius 3 is 2.80 bits per heavy atom. The van der Waals surface area contributed by atoms with Crippen molar-refractivity contribution in [3.63, 3.8) is 0 Å². The summed E-state index contributed by atoms with van der Waals surface area (Å²) in [6.45, 7) is 2.25. The lowest BCUT2D eigenvalue weighted by Crippen LogP contribution is -2.34. The van der Waals surface area contributed by atoms with Gasteiger partial charge < -0.3 is 5.32 Å². The molecule has 3 rings (SSSR count). The van der Waals surface area contributed by atoms with Crippen LogP contribution < -0.4 is 5.32 Å². The fraction of sp³-hybridized carbons (Fsp3) is 0.438. The van der Waals surface area contributed by atoms with E-state index in [4.69, 9.17) is 0 Å². The second-order valence-electron chi connectivity index (χ2n) is 5.28. The minimum atomic E-state index is 0.350. The first-order valence-corrected chi connectivity index (χ1v) is 8.43. The second kappa shape index (κ2) is 6.46. The Morgan fingerprint density at radius 2 is 2.05 bits per heavy atom. The molecule has 1 fully saturated rings. The number of thioether (sulfide) groups is 1. The first-order valence-electron chi connectivity index (χ1n) is 7.27. The van der Waals surface area contributed by atoms with Gasteiger partial charge >= 0.3 is 0 Å². The third kappa shape index (κ3) is 3.07. The van der Waals surface area contributed by atoms with Crippen LogP contribution in [-0.4, -0.2) is 27.3 Å². The number of hydrogen-bond acceptors (Lipinski definition) is 3. The van der Waals surface area contributed by atoms with E-state index in [9.17, 15) is 0 Å². The maximum absolute atomic E-state index is 4.36. The molecule has 1 saturated heterocycles. The summed E-state index contributed by atoms with van der Waals surface area (Å²) >= 11 is 2.07. The molecular formula is C16H21N3S. The Balaban J connectivity index is 1.79. The lowest BCUT2D eigenvalue weighted by Gasteiger charge is -2.27. The molecule has 1 atom stereocenters. The quantitative estimate of drug-likeness (QED) is 0.934. The van der Waals surface area contributed by atoms with Crippen molar-refractivity contribution in [1.82, 2.24) is 15.1 Å². The highest BCUT2D eigenvalue weighted by atomic mass is 32.2. The zero-order chi connectivity index (χ0) is 13.8. The van der Waals surface area contributed by atoms with E-state index in [2.05, 4.69) is 53.4 Å². The van der Waals surface area contributed by atoms with E-state index >= 15 is 0 Å². The second-order valence-corrected chi connectivity index (χ2v) is 6.51. The van der Waals surface area contributed by atoms with Gasteiger partial charge in [-0.05, 0) is 49.0 Å². The Labute approximate surface area is 124 Å². The van der Waals surface area contributed by atoms with Crippen molar-refractivity contribution in [3.8, 4) is 5.69 Å². The maximum atomic E-state index is 4.36. The summed E-state index contributed by atoms with van der Waals surface area (Å²) in [7, 11) is 0. The van der Waals surface area contributed by atoms with Gasteiger partial charge in [-0.15, -0.1) is 0 Å². The molecule has 0 bridgehead atoms. The molecule has 1 aromatic carbocycles. The van der Waals surface area contributed by atoms with Gasteiger partial charge in [0.1, 0.15) is 0 Å². The van der Waals surface area contributed by atoms with Crippen molar-refractivity contribution in [2.75, 3.05) is 11.5 Å². The van der Waals surface area contributed by atoms with Crippen LogP contribution in [0.15, 0.2) is 42.7 Å². The number of nitrogens with zero attached hydrogens (tertiary/aromatic N) is 2. The highest BCUT2D eigenvalue weighted by Gasteiger charge is 2.18. The van der Waals surface area contributed by atoms with Crippen LogP contribution in [0.5, 0.6) is 0 Å². The molecular weight excluding hydrogens is 266 g/mol. The Bertz CT molecular complexity index is 532. The van der Waals surface area contributed by atoms with Crippen LogP contribution in [0.2, 0.25) is 0 Å². The molecule has 3 nitrogen and oxygen atoms in total. The SMILES string of the molecule is C[C@H](NC1CCSCC1)c1ccccc1-n1cccn1. The summed E-state index contributed by atoms with van der Waals surface area (Å²) in [6.07, 6.45) is 6.38. The molecule has 0 unspecified atom stereocenters. The number of para-hydroxylation sites is 1. The Kier molecular flexibility index (Phi) is 4.43. The van der Waals surface area contributed by atoms with Gasteiger partial charge in [-0.25, -0.2) is 4.68 Å². The molecule has 1 aliphatic rings. The molecule has 0 radical (unpaired) electrons. The molecule has 1 N–H and O–H groups in total. The molecule has 4 heteroatoms. The van der Waals surface area contributed by atoms with Crippen LogP contribution in [0.1, 0.15) is 31.4 Å². The Hall–Kier alpha value is -1.26. The number of benzene rings is 1. The highest BCUT2D eigenvalue weighted by molar-refractivity contribution is 7.99. The molecule has 106 valence electrons. The normalized spacial score (nSPS) is 18.1. The van der Waals surface area contributed by atoms with Gasteiger partial charge in [-0.2, -0.15) is 16.9 Å². The molecule has 1 aliphatic heterocycles. The minimum Gasteiger partial charge on any atom is -0.307 e. The first-order chi connectivity index (χ1) is 9.84. The van der Waals surface area contributed by atoms with E-state index in [0.717, 1.165) is 0 Å². The predicted octanol–water partition coefficient (Wildman–Crippen LogP) is 3.42. The summed E-state index contributed by atoms with van der Waals surface area (Å²) in [5.74, 6) is 2.57. The largest absolute Gasteiger partial charge is 0.307 e. The molecule has 2 aromatic rings. The molecule has 20 heavy (non-hydrogen) atoms. The van der Waals surface area contributed by atoms with Gasteiger partial charge in [-0.3, -0.25) is 0 Å². The van der Waals surface area contributed by atoms with E-state index in [1.54, 1.807) is 0 Å². The number of aromatic nitrogens is 2. The monoisotopic (exact) mass is 287 g/mol. The lowest BCUT2D eigenvalue weighted by atomic mass is 10.0. The minimum absolute atomic E-state index is 0.350. The van der Waals surface area contributed by atoms with Crippen LogP contribution in [0.25, 0.3) is 5.69 Å². The highest BCUT2D eigenvalue weighted by Crippen LogP contribution is 2.24. The van der Waals surface area contributed by atoms with Gasteiger partial charge in [0.05, 0.1) is 5.69 Å². The summed E-state index contributed by atoms with van der Waals surface area (Å²) in [5.41, 5.74) is 2.48. The van der Waals surface area contributed by atoms with Crippen LogP contribution in [-0.2, 0) is 0 Å². The summed E-state index contributed by atoms with van der Waals surface area (Å²) in [4.78, 5) is 0. The topological polar surface area (TPSA) is 29.9 Å². The fourth-order valence-corrected chi connectivity index (χ4v) is 3.89. The average molecular weight is 287 g/mol. The van der Waals surface area contributed by atoms with E-state index in [0.29, 0.717) is 12.1 Å². The van der Waals surface area contributed by atoms with Crippen LogP contribution in [0, 0.1) is 0 Å². The third-order valence-electron chi connectivity index (χ3n) is 3.86. The van der Waals surface area contributed by atoms with E-state index < -0.39 is 0 Å². The van der Waals surface area contributed by atoms with Crippen molar-refractivity contribution >= 4 is 11.8 Å². The van der Waals surface area contributed by atoms with Crippen molar-refractivity contribution in [3.05, 3.63) is 48.3 Å². The van der Waals surface area contributed by atoms with Crippen LogP contribution in [0.3, 0.4) is 0 Å². The van der Waals surface area contributed by atoms with Gasteiger partial charge in [0.15, 0.2) is 0 Å². The molecule has 1 aromatic heterocycles. The third-order valence-corrected chi connectivity index (χ3v) is 4.91. The standard InChI is InChI=1S/C16H21N3S/c1-13(18-14-7-11-20-12-8-14)15-5-2-3-6-16(15)19-10-4-9-17-19/h2-6,9-10,13-14,18H,7-8,11-12H2,1H3/t13-/m0/s1. The molecule has 0 spiro atoms. The molecule has 2 heterocycles. The van der Waals surface area contributed by atoms with Crippen molar-refractivity contribution in [2.45, 2.75) is 31.8 Å². The summed E-state index contributed by atoms with van der Waals surface area (Å²) < 4.78 is 1.95.